The van der Waals surface area contributed by atoms with Gasteiger partial charge in [-0.25, -0.2) is 0 Å². The molecule has 2 aromatic carbocycles. The normalized spacial score (nSPS) is 16.4. The number of hydrogen-bond acceptors (Lipinski definition) is 5. The molecule has 0 aliphatic carbocycles. The number of carbonyl (C=O) groups is 1. The molecule has 1 atom stereocenters. The molecule has 7 nitrogen and oxygen atoms in total. The smallest absolute Gasteiger partial charge is 0.228 e. The molecule has 3 aromatic rings. The molecule has 1 aromatic heterocycles. The van der Waals surface area contributed by atoms with E-state index in [1.54, 1.807) is 4.80 Å². The highest BCUT2D eigenvalue weighted by Gasteiger charge is 2.22. The summed E-state index contributed by atoms with van der Waals surface area (Å²) in [6.45, 7) is 2.33. The van der Waals surface area contributed by atoms with Gasteiger partial charge >= 0.3 is 0 Å². The quantitative estimate of drug-likeness (QED) is 0.702. The predicted octanol–water partition coefficient (Wildman–Crippen LogP) is 2.13. The van der Waals surface area contributed by atoms with Gasteiger partial charge in [0.05, 0.1) is 12.5 Å². The second kappa shape index (κ2) is 8.09. The Hall–Kier alpha value is -3.06. The summed E-state index contributed by atoms with van der Waals surface area (Å²) in [5.74, 6) is 0.796. The second-order valence-corrected chi connectivity index (χ2v) is 6.70. The summed E-state index contributed by atoms with van der Waals surface area (Å²) in [6.07, 6.45) is 1.70. The van der Waals surface area contributed by atoms with Crippen molar-refractivity contribution in [2.45, 2.75) is 19.4 Å². The van der Waals surface area contributed by atoms with Gasteiger partial charge in [0.1, 0.15) is 0 Å². The third-order valence-corrected chi connectivity index (χ3v) is 4.74. The Morgan fingerprint density at radius 1 is 1.15 bits per heavy atom. The maximum atomic E-state index is 12.2. The van der Waals surface area contributed by atoms with E-state index in [1.165, 1.54) is 0 Å². The Kier molecular flexibility index (Phi) is 5.20. The summed E-state index contributed by atoms with van der Waals surface area (Å²) in [5, 5.41) is 18.9. The van der Waals surface area contributed by atoms with Crippen LogP contribution in [0, 0.1) is 5.92 Å². The SMILES string of the molecule is O=C(Nc1ccc(CCn2nnc(-c3ccccc3)n2)cc1)C1CCNC1. The fourth-order valence-corrected chi connectivity index (χ4v) is 3.15. The van der Waals surface area contributed by atoms with Crippen LogP contribution in [0.4, 0.5) is 5.69 Å². The molecule has 0 radical (unpaired) electrons. The molecule has 0 saturated carbocycles. The first-order valence-electron chi connectivity index (χ1n) is 9.22. The second-order valence-electron chi connectivity index (χ2n) is 6.70. The van der Waals surface area contributed by atoms with Gasteiger partial charge in [-0.3, -0.25) is 4.79 Å². The zero-order chi connectivity index (χ0) is 18.5. The van der Waals surface area contributed by atoms with E-state index in [2.05, 4.69) is 26.0 Å². The molecule has 1 aliphatic heterocycles. The zero-order valence-corrected chi connectivity index (χ0v) is 15.0. The topological polar surface area (TPSA) is 84.7 Å². The van der Waals surface area contributed by atoms with Gasteiger partial charge in [0.2, 0.25) is 11.7 Å². The molecule has 27 heavy (non-hydrogen) atoms. The van der Waals surface area contributed by atoms with Gasteiger partial charge in [-0.1, -0.05) is 42.5 Å². The first kappa shape index (κ1) is 17.4. The minimum absolute atomic E-state index is 0.0712. The number of amides is 1. The Bertz CT molecular complexity index is 884. The summed E-state index contributed by atoms with van der Waals surface area (Å²) < 4.78 is 0. The van der Waals surface area contributed by atoms with Gasteiger partial charge in [0.15, 0.2) is 0 Å². The summed E-state index contributed by atoms with van der Waals surface area (Å²) in [6, 6.07) is 17.8. The van der Waals surface area contributed by atoms with Crippen molar-refractivity contribution in [3.63, 3.8) is 0 Å². The van der Waals surface area contributed by atoms with Crippen LogP contribution in [0.1, 0.15) is 12.0 Å². The van der Waals surface area contributed by atoms with E-state index >= 15 is 0 Å². The highest BCUT2D eigenvalue weighted by Crippen LogP contribution is 2.15. The zero-order valence-electron chi connectivity index (χ0n) is 15.0. The lowest BCUT2D eigenvalue weighted by Gasteiger charge is -2.10. The average molecular weight is 362 g/mol. The third kappa shape index (κ3) is 4.38. The van der Waals surface area contributed by atoms with Gasteiger partial charge in [-0.15, -0.1) is 10.2 Å². The van der Waals surface area contributed by atoms with Crippen LogP contribution in [-0.2, 0) is 17.8 Å². The summed E-state index contributed by atoms with van der Waals surface area (Å²) in [4.78, 5) is 13.8. The first-order chi connectivity index (χ1) is 13.3. The molecule has 138 valence electrons. The fraction of sp³-hybridized carbons (Fsp3) is 0.300. The molecular formula is C20H22N6O. The van der Waals surface area contributed by atoms with Crippen LogP contribution in [0.2, 0.25) is 0 Å². The van der Waals surface area contributed by atoms with E-state index < -0.39 is 0 Å². The van der Waals surface area contributed by atoms with Crippen molar-refractivity contribution in [3.8, 4) is 11.4 Å². The van der Waals surface area contributed by atoms with E-state index in [-0.39, 0.29) is 11.8 Å². The molecule has 1 aliphatic rings. The van der Waals surface area contributed by atoms with Crippen molar-refractivity contribution in [2.24, 2.45) is 5.92 Å². The van der Waals surface area contributed by atoms with E-state index in [0.29, 0.717) is 12.4 Å². The monoisotopic (exact) mass is 362 g/mol. The van der Waals surface area contributed by atoms with Crippen LogP contribution in [0.5, 0.6) is 0 Å². The summed E-state index contributed by atoms with van der Waals surface area (Å²) in [5.41, 5.74) is 2.95. The van der Waals surface area contributed by atoms with E-state index in [9.17, 15) is 4.79 Å². The molecule has 1 amide bonds. The number of aryl methyl sites for hydroxylation is 2. The van der Waals surface area contributed by atoms with Gasteiger partial charge in [-0.05, 0) is 42.3 Å². The number of hydrogen-bond donors (Lipinski definition) is 2. The van der Waals surface area contributed by atoms with Gasteiger partial charge in [0, 0.05) is 17.8 Å². The number of carbonyl (C=O) groups excluding carboxylic acids is 1. The number of nitrogens with zero attached hydrogens (tertiary/aromatic N) is 4. The third-order valence-electron chi connectivity index (χ3n) is 4.74. The lowest BCUT2D eigenvalue weighted by atomic mass is 10.1. The van der Waals surface area contributed by atoms with E-state index in [1.807, 2.05) is 54.6 Å². The predicted molar refractivity (Wildman–Crippen MR) is 103 cm³/mol. The van der Waals surface area contributed by atoms with Crippen molar-refractivity contribution in [3.05, 3.63) is 60.2 Å². The molecule has 2 N–H and O–H groups in total. The van der Waals surface area contributed by atoms with Gasteiger partial charge in [0.25, 0.3) is 0 Å². The number of anilines is 1. The summed E-state index contributed by atoms with van der Waals surface area (Å²) >= 11 is 0. The van der Waals surface area contributed by atoms with Crippen LogP contribution >= 0.6 is 0 Å². The Morgan fingerprint density at radius 2 is 1.96 bits per heavy atom. The Balaban J connectivity index is 1.31. The fourth-order valence-electron chi connectivity index (χ4n) is 3.15. The highest BCUT2D eigenvalue weighted by atomic mass is 16.1. The minimum Gasteiger partial charge on any atom is -0.326 e. The lowest BCUT2D eigenvalue weighted by molar-refractivity contribution is -0.119. The number of nitrogens with one attached hydrogen (secondary N) is 2. The van der Waals surface area contributed by atoms with E-state index in [4.69, 9.17) is 0 Å². The molecule has 1 saturated heterocycles. The van der Waals surface area contributed by atoms with Crippen LogP contribution in [0.3, 0.4) is 0 Å². The Morgan fingerprint density at radius 3 is 2.70 bits per heavy atom. The van der Waals surface area contributed by atoms with Crippen LogP contribution in [0.25, 0.3) is 11.4 Å². The molecule has 7 heteroatoms. The molecule has 1 fully saturated rings. The summed E-state index contributed by atoms with van der Waals surface area (Å²) in [7, 11) is 0. The number of benzene rings is 2. The number of rotatable bonds is 6. The molecular weight excluding hydrogens is 340 g/mol. The molecule has 0 spiro atoms. The number of aromatic nitrogens is 4. The molecule has 1 unspecified atom stereocenters. The van der Waals surface area contributed by atoms with Gasteiger partial charge < -0.3 is 10.6 Å². The molecule has 0 bridgehead atoms. The van der Waals surface area contributed by atoms with Crippen LogP contribution in [-0.4, -0.2) is 39.2 Å². The highest BCUT2D eigenvalue weighted by molar-refractivity contribution is 5.92. The lowest BCUT2D eigenvalue weighted by Crippen LogP contribution is -2.24. The van der Waals surface area contributed by atoms with Crippen molar-refractivity contribution in [1.82, 2.24) is 25.5 Å². The Labute approximate surface area is 157 Å². The van der Waals surface area contributed by atoms with Crippen molar-refractivity contribution >= 4 is 11.6 Å². The maximum absolute atomic E-state index is 12.2. The maximum Gasteiger partial charge on any atom is 0.228 e. The minimum atomic E-state index is 0.0712. The molecule has 4 rings (SSSR count). The van der Waals surface area contributed by atoms with Crippen molar-refractivity contribution in [1.29, 1.82) is 0 Å². The molecule has 2 heterocycles. The average Bonchev–Trinajstić information content (AvgIpc) is 3.40. The van der Waals surface area contributed by atoms with Gasteiger partial charge in [-0.2, -0.15) is 4.80 Å². The van der Waals surface area contributed by atoms with Crippen molar-refractivity contribution < 1.29 is 4.79 Å². The van der Waals surface area contributed by atoms with Crippen LogP contribution in [0.15, 0.2) is 54.6 Å². The standard InChI is InChI=1S/C20H22N6O/c27-20(17-10-12-21-14-17)22-18-8-6-15(7-9-18)11-13-26-24-19(23-25-26)16-4-2-1-3-5-16/h1-9,17,21H,10-14H2,(H,22,27). The van der Waals surface area contributed by atoms with Crippen molar-refractivity contribution in [2.75, 3.05) is 18.4 Å². The number of tetrazole rings is 1. The first-order valence-corrected chi connectivity index (χ1v) is 9.22. The van der Waals surface area contributed by atoms with Crippen LogP contribution < -0.4 is 10.6 Å². The van der Waals surface area contributed by atoms with E-state index in [0.717, 1.165) is 42.7 Å². The largest absolute Gasteiger partial charge is 0.326 e.